The number of aromatic nitrogens is 1. The maximum absolute atomic E-state index is 9.17. The van der Waals surface area contributed by atoms with Crippen molar-refractivity contribution >= 4 is 16.8 Å². The number of rotatable bonds is 1. The molecule has 0 aliphatic rings. The van der Waals surface area contributed by atoms with Crippen LogP contribution in [0.2, 0.25) is 0 Å². The number of hydrogen-bond acceptors (Lipinski definition) is 4. The standard InChI is InChI=1S/C14H9N3O/c15-7-11-9(5-6-17-14(11)16)12-8-18-13-4-2-1-3-10(12)13/h1-6,8H,(H2,16,17). The summed E-state index contributed by atoms with van der Waals surface area (Å²) in [5, 5.41) is 10.1. The van der Waals surface area contributed by atoms with Crippen LogP contribution in [0.3, 0.4) is 0 Å². The molecule has 0 atom stereocenters. The van der Waals surface area contributed by atoms with Gasteiger partial charge in [-0.2, -0.15) is 5.26 Å². The number of nitriles is 1. The lowest BCUT2D eigenvalue weighted by Gasteiger charge is -2.03. The van der Waals surface area contributed by atoms with E-state index in [0.717, 1.165) is 22.1 Å². The number of nitrogens with two attached hydrogens (primary N) is 1. The molecule has 1 aromatic carbocycles. The van der Waals surface area contributed by atoms with Gasteiger partial charge in [-0.1, -0.05) is 18.2 Å². The van der Waals surface area contributed by atoms with Crippen LogP contribution in [0.1, 0.15) is 5.56 Å². The number of fused-ring (bicyclic) bond motifs is 1. The number of hydrogen-bond donors (Lipinski definition) is 1. The van der Waals surface area contributed by atoms with Gasteiger partial charge in [0.15, 0.2) is 0 Å². The maximum Gasteiger partial charge on any atom is 0.141 e. The molecule has 18 heavy (non-hydrogen) atoms. The van der Waals surface area contributed by atoms with Crippen LogP contribution in [0, 0.1) is 11.3 Å². The molecule has 86 valence electrons. The molecule has 2 aromatic heterocycles. The molecular weight excluding hydrogens is 226 g/mol. The first-order valence-corrected chi connectivity index (χ1v) is 5.42. The van der Waals surface area contributed by atoms with E-state index in [1.54, 1.807) is 18.5 Å². The lowest BCUT2D eigenvalue weighted by Crippen LogP contribution is -1.96. The Labute approximate surface area is 103 Å². The zero-order valence-corrected chi connectivity index (χ0v) is 9.42. The minimum absolute atomic E-state index is 0.236. The molecule has 3 rings (SSSR count). The largest absolute Gasteiger partial charge is 0.464 e. The number of para-hydroxylation sites is 1. The van der Waals surface area contributed by atoms with Crippen molar-refractivity contribution in [2.24, 2.45) is 0 Å². The molecule has 0 saturated carbocycles. The summed E-state index contributed by atoms with van der Waals surface area (Å²) < 4.78 is 5.47. The molecule has 0 radical (unpaired) electrons. The lowest BCUT2D eigenvalue weighted by molar-refractivity contribution is 0.617. The second-order valence-electron chi connectivity index (χ2n) is 3.88. The Hall–Kier alpha value is -2.80. The zero-order chi connectivity index (χ0) is 12.5. The Morgan fingerprint density at radius 3 is 2.83 bits per heavy atom. The number of nitrogen functional groups attached to an aromatic ring is 1. The van der Waals surface area contributed by atoms with Crippen LogP contribution in [0.15, 0.2) is 47.2 Å². The van der Waals surface area contributed by atoms with Gasteiger partial charge in [0.2, 0.25) is 0 Å². The van der Waals surface area contributed by atoms with Gasteiger partial charge < -0.3 is 10.2 Å². The molecule has 4 heteroatoms. The van der Waals surface area contributed by atoms with Crippen LogP contribution >= 0.6 is 0 Å². The van der Waals surface area contributed by atoms with Gasteiger partial charge in [0.05, 0.1) is 6.26 Å². The topological polar surface area (TPSA) is 75.8 Å². The third-order valence-electron chi connectivity index (χ3n) is 2.86. The average molecular weight is 235 g/mol. The van der Waals surface area contributed by atoms with Crippen molar-refractivity contribution in [2.75, 3.05) is 5.73 Å². The van der Waals surface area contributed by atoms with Crippen molar-refractivity contribution in [3.05, 3.63) is 48.4 Å². The summed E-state index contributed by atoms with van der Waals surface area (Å²) in [5.74, 6) is 0.236. The quantitative estimate of drug-likeness (QED) is 0.703. The SMILES string of the molecule is N#Cc1c(-c2coc3ccccc23)ccnc1N. The normalized spacial score (nSPS) is 10.4. The molecule has 0 aliphatic carbocycles. The van der Waals surface area contributed by atoms with Crippen LogP contribution in [0.5, 0.6) is 0 Å². The van der Waals surface area contributed by atoms with E-state index in [-0.39, 0.29) is 5.82 Å². The van der Waals surface area contributed by atoms with Gasteiger partial charge in [-0.25, -0.2) is 4.98 Å². The van der Waals surface area contributed by atoms with E-state index in [4.69, 9.17) is 15.4 Å². The summed E-state index contributed by atoms with van der Waals surface area (Å²) in [6, 6.07) is 11.5. The van der Waals surface area contributed by atoms with E-state index in [9.17, 15) is 0 Å². The van der Waals surface area contributed by atoms with Gasteiger partial charge in [0.25, 0.3) is 0 Å². The Morgan fingerprint density at radius 2 is 2.00 bits per heavy atom. The van der Waals surface area contributed by atoms with Crippen LogP contribution in [0.4, 0.5) is 5.82 Å². The molecule has 0 unspecified atom stereocenters. The third kappa shape index (κ3) is 1.42. The van der Waals surface area contributed by atoms with Crippen LogP contribution in [-0.2, 0) is 0 Å². The highest BCUT2D eigenvalue weighted by molar-refractivity contribution is 5.96. The molecule has 0 spiro atoms. The molecule has 0 aliphatic heterocycles. The van der Waals surface area contributed by atoms with Gasteiger partial charge >= 0.3 is 0 Å². The Kier molecular flexibility index (Phi) is 2.24. The number of nitrogens with zero attached hydrogens (tertiary/aromatic N) is 2. The number of pyridine rings is 1. The van der Waals surface area contributed by atoms with E-state index < -0.39 is 0 Å². The molecule has 0 bridgehead atoms. The summed E-state index contributed by atoms with van der Waals surface area (Å²) >= 11 is 0. The van der Waals surface area contributed by atoms with E-state index in [0.29, 0.717) is 5.56 Å². The van der Waals surface area contributed by atoms with E-state index in [2.05, 4.69) is 11.1 Å². The van der Waals surface area contributed by atoms with Crippen molar-refractivity contribution in [3.63, 3.8) is 0 Å². The number of benzene rings is 1. The summed E-state index contributed by atoms with van der Waals surface area (Å²) in [6.07, 6.45) is 3.23. The van der Waals surface area contributed by atoms with E-state index in [1.807, 2.05) is 24.3 Å². The monoisotopic (exact) mass is 235 g/mol. The number of furan rings is 1. The molecule has 2 N–H and O–H groups in total. The predicted octanol–water partition coefficient (Wildman–Crippen LogP) is 2.95. The van der Waals surface area contributed by atoms with Crippen molar-refractivity contribution < 1.29 is 4.42 Å². The highest BCUT2D eigenvalue weighted by atomic mass is 16.3. The maximum atomic E-state index is 9.17. The molecule has 0 amide bonds. The molecule has 3 aromatic rings. The summed E-state index contributed by atoms with van der Waals surface area (Å²) in [7, 11) is 0. The van der Waals surface area contributed by atoms with Crippen LogP contribution in [0.25, 0.3) is 22.1 Å². The number of anilines is 1. The zero-order valence-electron chi connectivity index (χ0n) is 9.42. The minimum atomic E-state index is 0.236. The van der Waals surface area contributed by atoms with Crippen molar-refractivity contribution in [1.29, 1.82) is 5.26 Å². The van der Waals surface area contributed by atoms with Gasteiger partial charge in [-0.3, -0.25) is 0 Å². The Balaban J connectivity index is 2.34. The Bertz CT molecular complexity index is 768. The first kappa shape index (κ1) is 10.4. The Morgan fingerprint density at radius 1 is 1.17 bits per heavy atom. The smallest absolute Gasteiger partial charge is 0.141 e. The van der Waals surface area contributed by atoms with Gasteiger partial charge in [0.1, 0.15) is 23.0 Å². The van der Waals surface area contributed by atoms with Crippen LogP contribution in [-0.4, -0.2) is 4.98 Å². The summed E-state index contributed by atoms with van der Waals surface area (Å²) in [6.45, 7) is 0. The molecule has 2 heterocycles. The van der Waals surface area contributed by atoms with Gasteiger partial charge in [-0.15, -0.1) is 0 Å². The van der Waals surface area contributed by atoms with Crippen molar-refractivity contribution in [2.45, 2.75) is 0 Å². The van der Waals surface area contributed by atoms with Crippen molar-refractivity contribution in [3.8, 4) is 17.2 Å². The fraction of sp³-hybridized carbons (Fsp3) is 0. The lowest BCUT2D eigenvalue weighted by atomic mass is 10.0. The molecular formula is C14H9N3O. The average Bonchev–Trinajstić information content (AvgIpc) is 2.82. The van der Waals surface area contributed by atoms with E-state index >= 15 is 0 Å². The van der Waals surface area contributed by atoms with Crippen LogP contribution < -0.4 is 5.73 Å². The fourth-order valence-corrected chi connectivity index (χ4v) is 2.01. The predicted molar refractivity (Wildman–Crippen MR) is 68.6 cm³/mol. The van der Waals surface area contributed by atoms with E-state index in [1.165, 1.54) is 0 Å². The molecule has 0 saturated heterocycles. The van der Waals surface area contributed by atoms with Gasteiger partial charge in [-0.05, 0) is 12.1 Å². The highest BCUT2D eigenvalue weighted by Crippen LogP contribution is 2.33. The summed E-state index contributed by atoms with van der Waals surface area (Å²) in [4.78, 5) is 3.93. The highest BCUT2D eigenvalue weighted by Gasteiger charge is 2.13. The minimum Gasteiger partial charge on any atom is -0.464 e. The van der Waals surface area contributed by atoms with Crippen molar-refractivity contribution in [1.82, 2.24) is 4.98 Å². The fourth-order valence-electron chi connectivity index (χ4n) is 2.01. The second kappa shape index (κ2) is 3.90. The third-order valence-corrected chi connectivity index (χ3v) is 2.86. The summed E-state index contributed by atoms with van der Waals surface area (Å²) in [5.41, 5.74) is 8.48. The second-order valence-corrected chi connectivity index (χ2v) is 3.88. The first-order valence-electron chi connectivity index (χ1n) is 5.42. The molecule has 0 fully saturated rings. The molecule has 4 nitrogen and oxygen atoms in total. The van der Waals surface area contributed by atoms with Gasteiger partial charge in [0, 0.05) is 22.7 Å². The first-order chi connectivity index (χ1) is 8.81.